The maximum absolute atomic E-state index is 10.1. The zero-order valence-electron chi connectivity index (χ0n) is 5.39. The predicted octanol–water partition coefficient (Wildman–Crippen LogP) is 0.791. The molecule has 0 aromatic carbocycles. The molecule has 0 amide bonds. The molecular weight excluding hydrogens is 150 g/mol. The van der Waals surface area contributed by atoms with Crippen LogP contribution in [0.25, 0.3) is 0 Å². The van der Waals surface area contributed by atoms with Gasteiger partial charge in [-0.15, -0.1) is 0 Å². The van der Waals surface area contributed by atoms with Crippen molar-refractivity contribution in [3.8, 4) is 0 Å². The van der Waals surface area contributed by atoms with E-state index in [1.807, 2.05) is 5.48 Å². The first-order valence-corrected chi connectivity index (χ1v) is 2.74. The second-order valence-corrected chi connectivity index (χ2v) is 1.77. The molecule has 0 aliphatic heterocycles. The summed E-state index contributed by atoms with van der Waals surface area (Å²) < 4.78 is 0. The molecule has 1 aromatic rings. The minimum atomic E-state index is -0.610. The van der Waals surface area contributed by atoms with Gasteiger partial charge in [-0.2, -0.15) is 0 Å². The van der Waals surface area contributed by atoms with Gasteiger partial charge in [0.1, 0.15) is 5.69 Å². The fourth-order valence-corrected chi connectivity index (χ4v) is 0.560. The summed E-state index contributed by atoms with van der Waals surface area (Å²) in [4.78, 5) is 12.9. The standard InChI is InChI=1S/C5H5N3O3/c9-7-4-1-2-5(6-3-4)8(10)11/h1-3,7,9H. The Morgan fingerprint density at radius 2 is 2.36 bits per heavy atom. The van der Waals surface area contributed by atoms with E-state index in [1.54, 1.807) is 0 Å². The van der Waals surface area contributed by atoms with Crippen LogP contribution >= 0.6 is 0 Å². The SMILES string of the molecule is O=[N+]([O-])c1ccc(NO)cn1. The van der Waals surface area contributed by atoms with E-state index in [1.165, 1.54) is 12.1 Å². The second-order valence-electron chi connectivity index (χ2n) is 1.77. The lowest BCUT2D eigenvalue weighted by molar-refractivity contribution is -0.389. The van der Waals surface area contributed by atoms with Gasteiger partial charge in [-0.05, 0) is 16.0 Å². The average Bonchev–Trinajstić information content (AvgIpc) is 2.05. The van der Waals surface area contributed by atoms with Gasteiger partial charge in [0.15, 0.2) is 6.20 Å². The zero-order chi connectivity index (χ0) is 8.27. The number of nitrogens with one attached hydrogen (secondary N) is 1. The maximum Gasteiger partial charge on any atom is 0.363 e. The van der Waals surface area contributed by atoms with Crippen molar-refractivity contribution in [2.45, 2.75) is 0 Å². The molecule has 1 rings (SSSR count). The normalized spacial score (nSPS) is 9.18. The van der Waals surface area contributed by atoms with Gasteiger partial charge < -0.3 is 10.1 Å². The van der Waals surface area contributed by atoms with Crippen molar-refractivity contribution in [1.29, 1.82) is 0 Å². The Morgan fingerprint density at radius 3 is 2.73 bits per heavy atom. The summed E-state index contributed by atoms with van der Waals surface area (Å²) in [5.74, 6) is -0.246. The lowest BCUT2D eigenvalue weighted by Gasteiger charge is -1.93. The van der Waals surface area contributed by atoms with E-state index in [0.717, 1.165) is 6.20 Å². The van der Waals surface area contributed by atoms with Crippen molar-refractivity contribution in [3.05, 3.63) is 28.4 Å². The summed E-state index contributed by atoms with van der Waals surface area (Å²) in [6.07, 6.45) is 1.16. The number of hydrogen-bond donors (Lipinski definition) is 2. The number of hydrogen-bond acceptors (Lipinski definition) is 5. The lowest BCUT2D eigenvalue weighted by Crippen LogP contribution is -1.93. The van der Waals surface area contributed by atoms with E-state index in [-0.39, 0.29) is 5.82 Å². The molecular formula is C5H5N3O3. The molecule has 0 radical (unpaired) electrons. The Balaban J connectivity index is 2.91. The van der Waals surface area contributed by atoms with Gasteiger partial charge in [-0.25, -0.2) is 0 Å². The van der Waals surface area contributed by atoms with Crippen LogP contribution in [0.3, 0.4) is 0 Å². The third-order valence-electron chi connectivity index (χ3n) is 1.06. The minimum Gasteiger partial charge on any atom is -0.358 e. The van der Waals surface area contributed by atoms with E-state index in [9.17, 15) is 10.1 Å². The molecule has 0 fully saturated rings. The molecule has 58 valence electrons. The van der Waals surface area contributed by atoms with Crippen LogP contribution in [0.2, 0.25) is 0 Å². The van der Waals surface area contributed by atoms with E-state index in [4.69, 9.17) is 5.21 Å². The van der Waals surface area contributed by atoms with Gasteiger partial charge in [-0.3, -0.25) is 10.7 Å². The van der Waals surface area contributed by atoms with Gasteiger partial charge in [0, 0.05) is 6.07 Å². The fourth-order valence-electron chi connectivity index (χ4n) is 0.560. The summed E-state index contributed by atoms with van der Waals surface area (Å²) in [5, 5.41) is 18.4. The number of pyridine rings is 1. The van der Waals surface area contributed by atoms with E-state index in [0.29, 0.717) is 5.69 Å². The molecule has 1 aromatic heterocycles. The van der Waals surface area contributed by atoms with Gasteiger partial charge in [0.25, 0.3) is 0 Å². The van der Waals surface area contributed by atoms with Crippen molar-refractivity contribution in [3.63, 3.8) is 0 Å². The molecule has 11 heavy (non-hydrogen) atoms. The number of anilines is 1. The van der Waals surface area contributed by atoms with E-state index in [2.05, 4.69) is 4.98 Å². The number of nitrogens with zero attached hydrogens (tertiary/aromatic N) is 2. The summed E-state index contributed by atoms with van der Waals surface area (Å²) >= 11 is 0. The average molecular weight is 155 g/mol. The summed E-state index contributed by atoms with van der Waals surface area (Å²) in [6, 6.07) is 2.55. The van der Waals surface area contributed by atoms with Gasteiger partial charge in [0.2, 0.25) is 0 Å². The molecule has 6 heteroatoms. The first-order chi connectivity index (χ1) is 5.24. The minimum absolute atomic E-state index is 0.246. The maximum atomic E-state index is 10.1. The number of nitro groups is 1. The van der Waals surface area contributed by atoms with Crippen LogP contribution in [-0.2, 0) is 0 Å². The number of rotatable bonds is 2. The van der Waals surface area contributed by atoms with E-state index < -0.39 is 4.92 Å². The highest BCUT2D eigenvalue weighted by atomic mass is 16.6. The van der Waals surface area contributed by atoms with Crippen LogP contribution in [0, 0.1) is 10.1 Å². The smallest absolute Gasteiger partial charge is 0.358 e. The highest BCUT2D eigenvalue weighted by molar-refractivity contribution is 5.40. The van der Waals surface area contributed by atoms with Crippen molar-refractivity contribution >= 4 is 11.5 Å². The molecule has 0 saturated carbocycles. The molecule has 0 atom stereocenters. The Labute approximate surface area is 61.6 Å². The topological polar surface area (TPSA) is 88.3 Å². The number of aromatic nitrogens is 1. The molecule has 0 unspecified atom stereocenters. The van der Waals surface area contributed by atoms with Crippen LogP contribution < -0.4 is 5.48 Å². The van der Waals surface area contributed by atoms with Gasteiger partial charge in [0.05, 0.1) is 0 Å². The molecule has 2 N–H and O–H groups in total. The largest absolute Gasteiger partial charge is 0.363 e. The lowest BCUT2D eigenvalue weighted by atomic mass is 10.4. The Morgan fingerprint density at radius 1 is 1.64 bits per heavy atom. The van der Waals surface area contributed by atoms with Gasteiger partial charge >= 0.3 is 5.82 Å². The predicted molar refractivity (Wildman–Crippen MR) is 36.3 cm³/mol. The third-order valence-corrected chi connectivity index (χ3v) is 1.06. The van der Waals surface area contributed by atoms with Crippen molar-refractivity contribution < 1.29 is 10.1 Å². The van der Waals surface area contributed by atoms with Crippen LogP contribution in [-0.4, -0.2) is 15.1 Å². The highest BCUT2D eigenvalue weighted by Crippen LogP contribution is 2.09. The second kappa shape index (κ2) is 2.93. The van der Waals surface area contributed by atoms with Crippen molar-refractivity contribution in [2.24, 2.45) is 0 Å². The summed E-state index contributed by atoms with van der Waals surface area (Å²) in [6.45, 7) is 0. The molecule has 0 saturated heterocycles. The molecule has 0 spiro atoms. The first kappa shape index (κ1) is 7.42. The Kier molecular flexibility index (Phi) is 1.98. The van der Waals surface area contributed by atoms with Crippen LogP contribution in [0.4, 0.5) is 11.5 Å². The Bertz CT molecular complexity index is 258. The molecule has 0 aliphatic carbocycles. The Hall–Kier alpha value is -1.69. The quantitative estimate of drug-likeness (QED) is 0.486. The molecule has 0 aliphatic rings. The first-order valence-electron chi connectivity index (χ1n) is 2.74. The summed E-state index contributed by atoms with van der Waals surface area (Å²) in [7, 11) is 0. The van der Waals surface area contributed by atoms with Crippen molar-refractivity contribution in [1.82, 2.24) is 4.98 Å². The van der Waals surface area contributed by atoms with Crippen molar-refractivity contribution in [2.75, 3.05) is 5.48 Å². The fraction of sp³-hybridized carbons (Fsp3) is 0. The highest BCUT2D eigenvalue weighted by Gasteiger charge is 2.04. The molecule has 1 heterocycles. The molecule has 0 bridgehead atoms. The third kappa shape index (κ3) is 1.62. The zero-order valence-corrected chi connectivity index (χ0v) is 5.39. The van der Waals surface area contributed by atoms with Crippen LogP contribution in [0.15, 0.2) is 18.3 Å². The van der Waals surface area contributed by atoms with Crippen LogP contribution in [0.1, 0.15) is 0 Å². The van der Waals surface area contributed by atoms with Gasteiger partial charge in [-0.1, -0.05) is 0 Å². The molecule has 6 nitrogen and oxygen atoms in total. The monoisotopic (exact) mass is 155 g/mol. The van der Waals surface area contributed by atoms with Crippen LogP contribution in [0.5, 0.6) is 0 Å². The summed E-state index contributed by atoms with van der Waals surface area (Å²) in [5.41, 5.74) is 2.12. The van der Waals surface area contributed by atoms with E-state index >= 15 is 0 Å².